The number of carboxylic acid groups (broad SMARTS) is 1. The lowest BCUT2D eigenvalue weighted by Gasteiger charge is -1.95. The van der Waals surface area contributed by atoms with Gasteiger partial charge in [-0.15, -0.1) is 0 Å². The van der Waals surface area contributed by atoms with Crippen molar-refractivity contribution in [3.63, 3.8) is 0 Å². The molecule has 0 spiro atoms. The minimum Gasteiger partial charge on any atom is -0.477 e. The van der Waals surface area contributed by atoms with E-state index in [1.807, 2.05) is 0 Å². The Bertz CT molecular complexity index is 412. The number of pyridine rings is 1. The topological polar surface area (TPSA) is 76.5 Å². The van der Waals surface area contributed by atoms with Crippen LogP contribution in [0, 0.1) is 0 Å². The summed E-state index contributed by atoms with van der Waals surface area (Å²) in [6, 6.07) is 4.51. The monoisotopic (exact) mass is 207 g/mol. The highest BCUT2D eigenvalue weighted by Gasteiger charge is 2.03. The number of rotatable bonds is 3. The van der Waals surface area contributed by atoms with Gasteiger partial charge in [-0.2, -0.15) is 0 Å². The van der Waals surface area contributed by atoms with Crippen molar-refractivity contribution in [2.45, 2.75) is 0 Å². The molecule has 0 aliphatic heterocycles. The van der Waals surface area contributed by atoms with Crippen LogP contribution in [0.5, 0.6) is 0 Å². The molecule has 5 heteroatoms. The van der Waals surface area contributed by atoms with Gasteiger partial charge in [-0.25, -0.2) is 14.6 Å². The van der Waals surface area contributed by atoms with Crippen LogP contribution in [0.2, 0.25) is 0 Å². The summed E-state index contributed by atoms with van der Waals surface area (Å²) in [7, 11) is 1.26. The minimum absolute atomic E-state index is 0.0676. The summed E-state index contributed by atoms with van der Waals surface area (Å²) in [6.45, 7) is 0. The lowest BCUT2D eigenvalue weighted by atomic mass is 10.3. The van der Waals surface area contributed by atoms with Crippen LogP contribution in [0.25, 0.3) is 6.08 Å². The highest BCUT2D eigenvalue weighted by atomic mass is 16.5. The van der Waals surface area contributed by atoms with E-state index < -0.39 is 11.9 Å². The Hall–Kier alpha value is -2.17. The van der Waals surface area contributed by atoms with Gasteiger partial charge >= 0.3 is 11.9 Å². The van der Waals surface area contributed by atoms with Crippen molar-refractivity contribution < 1.29 is 19.4 Å². The average molecular weight is 207 g/mol. The Labute approximate surface area is 86.0 Å². The molecule has 0 radical (unpaired) electrons. The SMILES string of the molecule is COC(=O)C=Cc1cccc(C(=O)O)n1. The second kappa shape index (κ2) is 4.90. The van der Waals surface area contributed by atoms with E-state index >= 15 is 0 Å². The number of aromatic nitrogens is 1. The van der Waals surface area contributed by atoms with Crippen molar-refractivity contribution >= 4 is 18.0 Å². The molecule has 1 rings (SSSR count). The summed E-state index contributed by atoms with van der Waals surface area (Å²) in [5.74, 6) is -1.62. The van der Waals surface area contributed by atoms with E-state index in [-0.39, 0.29) is 5.69 Å². The normalized spacial score (nSPS) is 10.2. The fourth-order valence-electron chi connectivity index (χ4n) is 0.885. The summed E-state index contributed by atoms with van der Waals surface area (Å²) < 4.78 is 4.38. The van der Waals surface area contributed by atoms with Crippen molar-refractivity contribution in [3.05, 3.63) is 35.7 Å². The van der Waals surface area contributed by atoms with E-state index in [9.17, 15) is 9.59 Å². The Balaban J connectivity index is 2.87. The molecule has 0 fully saturated rings. The zero-order valence-electron chi connectivity index (χ0n) is 8.01. The summed E-state index contributed by atoms with van der Waals surface area (Å²) in [5.41, 5.74) is 0.322. The maximum Gasteiger partial charge on any atom is 0.354 e. The van der Waals surface area contributed by atoms with E-state index in [4.69, 9.17) is 5.11 Å². The van der Waals surface area contributed by atoms with Gasteiger partial charge in [0.2, 0.25) is 0 Å². The molecule has 1 aromatic rings. The number of nitrogens with zero attached hydrogens (tertiary/aromatic N) is 1. The van der Waals surface area contributed by atoms with Gasteiger partial charge in [0.05, 0.1) is 12.8 Å². The van der Waals surface area contributed by atoms with Gasteiger partial charge < -0.3 is 9.84 Å². The van der Waals surface area contributed by atoms with E-state index in [1.54, 1.807) is 12.1 Å². The molecule has 0 unspecified atom stereocenters. The third-order valence-electron chi connectivity index (χ3n) is 1.58. The van der Waals surface area contributed by atoms with E-state index in [2.05, 4.69) is 9.72 Å². The molecule has 1 aromatic heterocycles. The van der Waals surface area contributed by atoms with Gasteiger partial charge in [-0.05, 0) is 18.2 Å². The predicted molar refractivity (Wildman–Crippen MR) is 52.2 cm³/mol. The number of carbonyl (C=O) groups excluding carboxylic acids is 1. The molecule has 0 bridgehead atoms. The van der Waals surface area contributed by atoms with Crippen LogP contribution in [0.1, 0.15) is 16.2 Å². The summed E-state index contributed by atoms with van der Waals surface area (Å²) in [5, 5.41) is 8.65. The Morgan fingerprint density at radius 2 is 2.20 bits per heavy atom. The van der Waals surface area contributed by atoms with E-state index in [1.165, 1.54) is 25.3 Å². The molecule has 1 heterocycles. The number of esters is 1. The molecule has 15 heavy (non-hydrogen) atoms. The molecule has 78 valence electrons. The quantitative estimate of drug-likeness (QED) is 0.590. The minimum atomic E-state index is -1.11. The first kappa shape index (κ1) is 10.9. The molecule has 0 amide bonds. The number of ether oxygens (including phenoxy) is 1. The first-order valence-electron chi connectivity index (χ1n) is 4.10. The van der Waals surface area contributed by atoms with Crippen molar-refractivity contribution in [2.24, 2.45) is 0 Å². The maximum atomic E-state index is 10.8. The Kier molecular flexibility index (Phi) is 3.56. The van der Waals surface area contributed by atoms with Crippen LogP contribution < -0.4 is 0 Å². The average Bonchev–Trinajstić information content (AvgIpc) is 2.26. The molecule has 5 nitrogen and oxygen atoms in total. The molecule has 0 saturated heterocycles. The van der Waals surface area contributed by atoms with Gasteiger partial charge in [0.1, 0.15) is 5.69 Å². The summed E-state index contributed by atoms with van der Waals surface area (Å²) in [6.07, 6.45) is 2.56. The molecular weight excluding hydrogens is 198 g/mol. The second-order valence-corrected chi connectivity index (χ2v) is 2.61. The fourth-order valence-corrected chi connectivity index (χ4v) is 0.885. The highest BCUT2D eigenvalue weighted by molar-refractivity contribution is 5.87. The predicted octanol–water partition coefficient (Wildman–Crippen LogP) is 0.966. The molecular formula is C10H9NO4. The van der Waals surface area contributed by atoms with Crippen molar-refractivity contribution in [2.75, 3.05) is 7.11 Å². The van der Waals surface area contributed by atoms with Crippen molar-refractivity contribution in [1.29, 1.82) is 0 Å². The number of hydrogen-bond donors (Lipinski definition) is 1. The largest absolute Gasteiger partial charge is 0.477 e. The zero-order valence-corrected chi connectivity index (χ0v) is 8.01. The number of methoxy groups -OCH3 is 1. The number of carbonyl (C=O) groups is 2. The van der Waals surface area contributed by atoms with Gasteiger partial charge in [0, 0.05) is 6.08 Å². The molecule has 0 atom stereocenters. The van der Waals surface area contributed by atoms with Crippen LogP contribution in [0.4, 0.5) is 0 Å². The zero-order chi connectivity index (χ0) is 11.3. The van der Waals surface area contributed by atoms with Crippen LogP contribution in [-0.2, 0) is 9.53 Å². The van der Waals surface area contributed by atoms with E-state index in [0.29, 0.717) is 5.69 Å². The van der Waals surface area contributed by atoms with Crippen LogP contribution in [0.3, 0.4) is 0 Å². The summed E-state index contributed by atoms with van der Waals surface area (Å²) in [4.78, 5) is 25.1. The number of hydrogen-bond acceptors (Lipinski definition) is 4. The smallest absolute Gasteiger partial charge is 0.354 e. The molecule has 0 aromatic carbocycles. The number of aromatic carboxylic acids is 1. The first-order chi connectivity index (χ1) is 7.13. The van der Waals surface area contributed by atoms with E-state index in [0.717, 1.165) is 0 Å². The first-order valence-corrected chi connectivity index (χ1v) is 4.10. The Morgan fingerprint density at radius 1 is 1.47 bits per heavy atom. The molecule has 0 aliphatic rings. The summed E-state index contributed by atoms with van der Waals surface area (Å²) >= 11 is 0. The van der Waals surface area contributed by atoms with Gasteiger partial charge in [0.25, 0.3) is 0 Å². The molecule has 0 aliphatic carbocycles. The highest BCUT2D eigenvalue weighted by Crippen LogP contribution is 2.01. The van der Waals surface area contributed by atoms with Gasteiger partial charge in [0.15, 0.2) is 0 Å². The van der Waals surface area contributed by atoms with Gasteiger partial charge in [-0.1, -0.05) is 6.07 Å². The lowest BCUT2D eigenvalue weighted by Crippen LogP contribution is -2.00. The maximum absolute atomic E-state index is 10.8. The van der Waals surface area contributed by atoms with Crippen molar-refractivity contribution in [3.8, 4) is 0 Å². The van der Waals surface area contributed by atoms with Crippen molar-refractivity contribution in [1.82, 2.24) is 4.98 Å². The third-order valence-corrected chi connectivity index (χ3v) is 1.58. The Morgan fingerprint density at radius 3 is 2.80 bits per heavy atom. The van der Waals surface area contributed by atoms with Gasteiger partial charge in [-0.3, -0.25) is 0 Å². The molecule has 1 N–H and O–H groups in total. The number of carboxylic acids is 1. The third kappa shape index (κ3) is 3.22. The second-order valence-electron chi connectivity index (χ2n) is 2.61. The van der Waals surface area contributed by atoms with Crippen LogP contribution >= 0.6 is 0 Å². The van der Waals surface area contributed by atoms with Crippen LogP contribution in [-0.4, -0.2) is 29.1 Å². The molecule has 0 saturated carbocycles. The standard InChI is InChI=1S/C10H9NO4/c1-15-9(12)6-5-7-3-2-4-8(11-7)10(13)14/h2-6H,1H3,(H,13,14). The fraction of sp³-hybridized carbons (Fsp3) is 0.100. The van der Waals surface area contributed by atoms with Crippen LogP contribution in [0.15, 0.2) is 24.3 Å². The lowest BCUT2D eigenvalue weighted by molar-refractivity contribution is -0.134.